The van der Waals surface area contributed by atoms with Crippen molar-refractivity contribution in [1.29, 1.82) is 0 Å². The molecular weight excluding hydrogens is 346 g/mol. The topological polar surface area (TPSA) is 50.4 Å². The van der Waals surface area contributed by atoms with Gasteiger partial charge < -0.3 is 15.4 Å². The Morgan fingerprint density at radius 2 is 2.19 bits per heavy atom. The first-order chi connectivity index (χ1) is 9.95. The summed E-state index contributed by atoms with van der Waals surface area (Å²) in [5.41, 5.74) is 0.566. The molecule has 4 nitrogen and oxygen atoms in total. The molecule has 1 aromatic rings. The highest BCUT2D eigenvalue weighted by Crippen LogP contribution is 2.25. The molecule has 2 rings (SSSR count). The third-order valence-electron chi connectivity index (χ3n) is 3.15. The zero-order valence-corrected chi connectivity index (χ0v) is 13.1. The van der Waals surface area contributed by atoms with Gasteiger partial charge in [-0.3, -0.25) is 4.79 Å². The molecule has 0 spiro atoms. The molecule has 0 heterocycles. The molecule has 0 saturated heterocycles. The summed E-state index contributed by atoms with van der Waals surface area (Å²) >= 11 is 3.29. The lowest BCUT2D eigenvalue weighted by Crippen LogP contribution is -2.42. The summed E-state index contributed by atoms with van der Waals surface area (Å²) < 4.78 is 30.0. The third kappa shape index (κ3) is 5.24. The lowest BCUT2D eigenvalue weighted by molar-refractivity contribution is -0.122. The number of nitrogens with one attached hydrogen (secondary N) is 2. The Hall–Kier alpha value is -1.21. The van der Waals surface area contributed by atoms with Gasteiger partial charge in [-0.25, -0.2) is 0 Å². The maximum atomic E-state index is 12.4. The molecule has 1 unspecified atom stereocenters. The Kier molecular flexibility index (Phi) is 5.52. The molecule has 116 valence electrons. The van der Waals surface area contributed by atoms with Crippen molar-refractivity contribution < 1.29 is 18.3 Å². The van der Waals surface area contributed by atoms with Gasteiger partial charge in [0.1, 0.15) is 5.75 Å². The van der Waals surface area contributed by atoms with Crippen molar-refractivity contribution in [2.75, 3.05) is 0 Å². The summed E-state index contributed by atoms with van der Waals surface area (Å²) in [6.07, 6.45) is 2.05. The highest BCUT2D eigenvalue weighted by atomic mass is 79.9. The first-order valence-corrected chi connectivity index (χ1v) is 7.52. The van der Waals surface area contributed by atoms with E-state index in [0.717, 1.165) is 17.3 Å². The second-order valence-electron chi connectivity index (χ2n) is 5.02. The van der Waals surface area contributed by atoms with Gasteiger partial charge in [0.05, 0.1) is 6.04 Å². The van der Waals surface area contributed by atoms with E-state index in [1.165, 1.54) is 6.07 Å². The molecule has 1 aliphatic carbocycles. The molecule has 7 heteroatoms. The number of hydrogen-bond acceptors (Lipinski definition) is 3. The molecule has 0 bridgehead atoms. The van der Waals surface area contributed by atoms with Crippen molar-refractivity contribution in [2.45, 2.75) is 45.0 Å². The lowest BCUT2D eigenvalue weighted by atomic mass is 10.2. The fourth-order valence-corrected chi connectivity index (χ4v) is 2.22. The van der Waals surface area contributed by atoms with Gasteiger partial charge in [-0.2, -0.15) is 8.78 Å². The van der Waals surface area contributed by atoms with Crippen LogP contribution in [0.15, 0.2) is 22.7 Å². The number of benzene rings is 1. The smallest absolute Gasteiger partial charge is 0.387 e. The van der Waals surface area contributed by atoms with E-state index in [0.29, 0.717) is 11.6 Å². The van der Waals surface area contributed by atoms with Gasteiger partial charge >= 0.3 is 6.61 Å². The van der Waals surface area contributed by atoms with Gasteiger partial charge in [-0.1, -0.05) is 15.9 Å². The second-order valence-corrected chi connectivity index (χ2v) is 5.93. The minimum atomic E-state index is -2.87. The largest absolute Gasteiger partial charge is 0.434 e. The monoisotopic (exact) mass is 362 g/mol. The van der Waals surface area contributed by atoms with E-state index < -0.39 is 12.7 Å². The standard InChI is InChI=1S/C14H17BrF2N2O2/c1-8(13(20)19-11-3-4-11)18-7-9-6-10(15)2-5-12(9)21-14(16)17/h2,5-6,8,11,14,18H,3-4,7H2,1H3,(H,19,20). The van der Waals surface area contributed by atoms with E-state index in [1.807, 2.05) is 0 Å². The number of amides is 1. The molecule has 2 N–H and O–H groups in total. The molecule has 1 saturated carbocycles. The molecule has 1 atom stereocenters. The number of hydrogen-bond donors (Lipinski definition) is 2. The van der Waals surface area contributed by atoms with E-state index in [9.17, 15) is 13.6 Å². The normalized spacial score (nSPS) is 15.9. The average molecular weight is 363 g/mol. The Morgan fingerprint density at radius 1 is 1.48 bits per heavy atom. The molecule has 0 aromatic heterocycles. The third-order valence-corrected chi connectivity index (χ3v) is 3.65. The molecule has 1 aromatic carbocycles. The summed E-state index contributed by atoms with van der Waals surface area (Å²) in [5, 5.41) is 5.90. The number of ether oxygens (including phenoxy) is 1. The number of carbonyl (C=O) groups is 1. The zero-order chi connectivity index (χ0) is 15.4. The van der Waals surface area contributed by atoms with Crippen LogP contribution in [0.25, 0.3) is 0 Å². The highest BCUT2D eigenvalue weighted by Gasteiger charge is 2.25. The van der Waals surface area contributed by atoms with Crippen LogP contribution in [0, 0.1) is 0 Å². The van der Waals surface area contributed by atoms with Crippen LogP contribution in [0.4, 0.5) is 8.78 Å². The van der Waals surface area contributed by atoms with Crippen molar-refractivity contribution in [3.05, 3.63) is 28.2 Å². The van der Waals surface area contributed by atoms with Crippen LogP contribution in [0.2, 0.25) is 0 Å². The predicted molar refractivity (Wildman–Crippen MR) is 78.2 cm³/mol. The van der Waals surface area contributed by atoms with E-state index >= 15 is 0 Å². The van der Waals surface area contributed by atoms with E-state index in [1.54, 1.807) is 19.1 Å². The van der Waals surface area contributed by atoms with E-state index in [-0.39, 0.29) is 18.2 Å². The molecule has 1 amide bonds. The lowest BCUT2D eigenvalue weighted by Gasteiger charge is -2.16. The quantitative estimate of drug-likeness (QED) is 0.784. The molecule has 0 aliphatic heterocycles. The highest BCUT2D eigenvalue weighted by molar-refractivity contribution is 9.10. The van der Waals surface area contributed by atoms with Gasteiger partial charge in [-0.15, -0.1) is 0 Å². The van der Waals surface area contributed by atoms with Crippen LogP contribution in [0.3, 0.4) is 0 Å². The van der Waals surface area contributed by atoms with E-state index in [2.05, 4.69) is 31.3 Å². The first kappa shape index (κ1) is 16.2. The second kappa shape index (κ2) is 7.17. The summed E-state index contributed by atoms with van der Waals surface area (Å²) in [6.45, 7) is -0.870. The minimum Gasteiger partial charge on any atom is -0.434 e. The Labute approximate surface area is 130 Å². The predicted octanol–water partition coefficient (Wildman–Crippen LogP) is 2.81. The Bertz CT molecular complexity index is 510. The van der Waals surface area contributed by atoms with Crippen LogP contribution < -0.4 is 15.4 Å². The number of halogens is 3. The fourth-order valence-electron chi connectivity index (χ4n) is 1.81. The molecule has 1 fully saturated rings. The average Bonchev–Trinajstić information content (AvgIpc) is 3.22. The maximum Gasteiger partial charge on any atom is 0.387 e. The number of carbonyl (C=O) groups excluding carboxylic acids is 1. The van der Waals surface area contributed by atoms with E-state index in [4.69, 9.17) is 0 Å². The molecule has 21 heavy (non-hydrogen) atoms. The van der Waals surface area contributed by atoms with Crippen LogP contribution >= 0.6 is 15.9 Å². The number of alkyl halides is 2. The summed E-state index contributed by atoms with van der Waals surface area (Å²) in [6, 6.07) is 4.69. The Morgan fingerprint density at radius 3 is 2.81 bits per heavy atom. The molecule has 0 radical (unpaired) electrons. The SMILES string of the molecule is CC(NCc1cc(Br)ccc1OC(F)F)C(=O)NC1CC1. The van der Waals surface area contributed by atoms with Crippen LogP contribution in [-0.2, 0) is 11.3 Å². The maximum absolute atomic E-state index is 12.4. The van der Waals surface area contributed by atoms with Gasteiger partial charge in [-0.05, 0) is 38.0 Å². The van der Waals surface area contributed by atoms with Gasteiger partial charge in [0.25, 0.3) is 0 Å². The molecular formula is C14H17BrF2N2O2. The first-order valence-electron chi connectivity index (χ1n) is 6.72. The Balaban J connectivity index is 1.94. The summed E-state index contributed by atoms with van der Waals surface area (Å²) in [4.78, 5) is 11.8. The van der Waals surface area contributed by atoms with Crippen LogP contribution in [0.1, 0.15) is 25.3 Å². The van der Waals surface area contributed by atoms with Crippen LogP contribution in [-0.4, -0.2) is 24.6 Å². The van der Waals surface area contributed by atoms with Crippen molar-refractivity contribution in [1.82, 2.24) is 10.6 Å². The van der Waals surface area contributed by atoms with Crippen molar-refractivity contribution in [3.63, 3.8) is 0 Å². The van der Waals surface area contributed by atoms with Crippen molar-refractivity contribution in [3.8, 4) is 5.75 Å². The van der Waals surface area contributed by atoms with Gasteiger partial charge in [0, 0.05) is 22.6 Å². The van der Waals surface area contributed by atoms with Gasteiger partial charge in [0.2, 0.25) is 5.91 Å². The number of rotatable bonds is 7. The van der Waals surface area contributed by atoms with Crippen molar-refractivity contribution >= 4 is 21.8 Å². The van der Waals surface area contributed by atoms with Gasteiger partial charge in [0.15, 0.2) is 0 Å². The van der Waals surface area contributed by atoms with Crippen molar-refractivity contribution in [2.24, 2.45) is 0 Å². The van der Waals surface area contributed by atoms with Crippen LogP contribution in [0.5, 0.6) is 5.75 Å². The fraction of sp³-hybridized carbons (Fsp3) is 0.500. The minimum absolute atomic E-state index is 0.0798. The summed E-state index contributed by atoms with van der Waals surface area (Å²) in [5.74, 6) is 0.0272. The molecule has 1 aliphatic rings. The summed E-state index contributed by atoms with van der Waals surface area (Å²) in [7, 11) is 0. The zero-order valence-electron chi connectivity index (χ0n) is 11.5.